The maximum Gasteiger partial charge on any atom is 0.251 e. The van der Waals surface area contributed by atoms with Gasteiger partial charge in [-0.25, -0.2) is 0 Å². The van der Waals surface area contributed by atoms with E-state index in [1.165, 1.54) is 0 Å². The Balaban J connectivity index is 1.53. The second-order valence-electron chi connectivity index (χ2n) is 7.44. The standard InChI is InChI=1S/C23H27NO5/c1-26-19-9-7-15(13-21(19)27-2)17-5-3-4-6-18(17)24-23(25)16-8-10-20-22(14-16)29-12-11-28-20/h7-10,13-14,17-18H,3-6,11-12H2,1-2H3,(H,24,25). The summed E-state index contributed by atoms with van der Waals surface area (Å²) >= 11 is 0. The number of carbonyl (C=O) groups is 1. The summed E-state index contributed by atoms with van der Waals surface area (Å²) in [7, 11) is 3.28. The molecule has 0 radical (unpaired) electrons. The van der Waals surface area contributed by atoms with Gasteiger partial charge in [0.15, 0.2) is 23.0 Å². The molecule has 1 fully saturated rings. The van der Waals surface area contributed by atoms with Crippen molar-refractivity contribution in [1.82, 2.24) is 5.32 Å². The fraction of sp³-hybridized carbons (Fsp3) is 0.435. The molecular weight excluding hydrogens is 370 g/mol. The highest BCUT2D eigenvalue weighted by Gasteiger charge is 2.29. The Hall–Kier alpha value is -2.89. The van der Waals surface area contributed by atoms with Gasteiger partial charge in [0.25, 0.3) is 5.91 Å². The van der Waals surface area contributed by atoms with Crippen LogP contribution >= 0.6 is 0 Å². The molecule has 2 aromatic carbocycles. The molecule has 0 spiro atoms. The summed E-state index contributed by atoms with van der Waals surface area (Å²) in [6.07, 6.45) is 4.24. The van der Waals surface area contributed by atoms with E-state index in [-0.39, 0.29) is 17.9 Å². The average molecular weight is 397 g/mol. The topological polar surface area (TPSA) is 66.0 Å². The van der Waals surface area contributed by atoms with Gasteiger partial charge in [0, 0.05) is 17.5 Å². The molecule has 1 aliphatic carbocycles. The second-order valence-corrected chi connectivity index (χ2v) is 7.44. The lowest BCUT2D eigenvalue weighted by atomic mass is 9.79. The van der Waals surface area contributed by atoms with Gasteiger partial charge in [0.1, 0.15) is 13.2 Å². The van der Waals surface area contributed by atoms with Gasteiger partial charge >= 0.3 is 0 Å². The van der Waals surface area contributed by atoms with Crippen molar-refractivity contribution in [2.24, 2.45) is 0 Å². The monoisotopic (exact) mass is 397 g/mol. The van der Waals surface area contributed by atoms with Crippen LogP contribution in [-0.2, 0) is 0 Å². The Morgan fingerprint density at radius 3 is 2.48 bits per heavy atom. The van der Waals surface area contributed by atoms with Crippen LogP contribution in [0.4, 0.5) is 0 Å². The van der Waals surface area contributed by atoms with E-state index in [1.807, 2.05) is 12.1 Å². The largest absolute Gasteiger partial charge is 0.493 e. The van der Waals surface area contributed by atoms with Crippen molar-refractivity contribution in [2.75, 3.05) is 27.4 Å². The molecule has 1 amide bonds. The molecule has 0 saturated heterocycles. The lowest BCUT2D eigenvalue weighted by Crippen LogP contribution is -2.41. The third kappa shape index (κ3) is 4.11. The summed E-state index contributed by atoms with van der Waals surface area (Å²) in [6, 6.07) is 11.5. The number of hydrogen-bond acceptors (Lipinski definition) is 5. The highest BCUT2D eigenvalue weighted by molar-refractivity contribution is 5.95. The van der Waals surface area contributed by atoms with Crippen LogP contribution in [0.2, 0.25) is 0 Å². The van der Waals surface area contributed by atoms with Gasteiger partial charge in [-0.05, 0) is 48.7 Å². The molecule has 0 bridgehead atoms. The van der Waals surface area contributed by atoms with Crippen LogP contribution < -0.4 is 24.3 Å². The van der Waals surface area contributed by atoms with E-state index < -0.39 is 0 Å². The first-order chi connectivity index (χ1) is 14.2. The molecule has 29 heavy (non-hydrogen) atoms. The number of ether oxygens (including phenoxy) is 4. The van der Waals surface area contributed by atoms with Crippen LogP contribution in [-0.4, -0.2) is 39.4 Å². The van der Waals surface area contributed by atoms with Crippen molar-refractivity contribution in [3.05, 3.63) is 47.5 Å². The van der Waals surface area contributed by atoms with Crippen molar-refractivity contribution in [1.29, 1.82) is 0 Å². The molecule has 6 heteroatoms. The fourth-order valence-corrected chi connectivity index (χ4v) is 4.22. The highest BCUT2D eigenvalue weighted by Crippen LogP contribution is 2.38. The van der Waals surface area contributed by atoms with Crippen LogP contribution in [0.1, 0.15) is 47.5 Å². The molecule has 1 N–H and O–H groups in total. The third-order valence-corrected chi connectivity index (χ3v) is 5.72. The van der Waals surface area contributed by atoms with Gasteiger partial charge < -0.3 is 24.3 Å². The first-order valence-electron chi connectivity index (χ1n) is 10.1. The molecule has 2 unspecified atom stereocenters. The minimum Gasteiger partial charge on any atom is -0.493 e. The molecule has 2 aliphatic rings. The van der Waals surface area contributed by atoms with Crippen LogP contribution in [0.3, 0.4) is 0 Å². The minimum absolute atomic E-state index is 0.0718. The quantitative estimate of drug-likeness (QED) is 0.828. The SMILES string of the molecule is COc1ccc(C2CCCCC2NC(=O)c2ccc3c(c2)OCCO3)cc1OC. The van der Waals surface area contributed by atoms with E-state index in [0.717, 1.165) is 31.2 Å². The number of carbonyl (C=O) groups excluding carboxylic acids is 1. The van der Waals surface area contributed by atoms with Crippen molar-refractivity contribution >= 4 is 5.91 Å². The number of benzene rings is 2. The number of nitrogens with one attached hydrogen (secondary N) is 1. The Labute approximate surface area is 171 Å². The summed E-state index contributed by atoms with van der Waals surface area (Å²) in [5, 5.41) is 3.25. The molecule has 1 saturated carbocycles. The van der Waals surface area contributed by atoms with Gasteiger partial charge in [0.05, 0.1) is 14.2 Å². The average Bonchev–Trinajstić information content (AvgIpc) is 2.78. The zero-order chi connectivity index (χ0) is 20.2. The summed E-state index contributed by atoms with van der Waals surface area (Å²) in [5.41, 5.74) is 1.75. The van der Waals surface area contributed by atoms with Crippen LogP contribution in [0.25, 0.3) is 0 Å². The van der Waals surface area contributed by atoms with E-state index in [2.05, 4.69) is 11.4 Å². The van der Waals surface area contributed by atoms with Gasteiger partial charge in [-0.15, -0.1) is 0 Å². The summed E-state index contributed by atoms with van der Waals surface area (Å²) in [4.78, 5) is 12.9. The van der Waals surface area contributed by atoms with Crippen LogP contribution in [0.15, 0.2) is 36.4 Å². The lowest BCUT2D eigenvalue weighted by Gasteiger charge is -2.33. The zero-order valence-corrected chi connectivity index (χ0v) is 16.9. The molecule has 0 aromatic heterocycles. The number of methoxy groups -OCH3 is 2. The first kappa shape index (κ1) is 19.4. The van der Waals surface area contributed by atoms with Crippen molar-refractivity contribution < 1.29 is 23.7 Å². The Morgan fingerprint density at radius 2 is 1.69 bits per heavy atom. The lowest BCUT2D eigenvalue weighted by molar-refractivity contribution is 0.0919. The maximum atomic E-state index is 12.9. The van der Waals surface area contributed by atoms with Crippen LogP contribution in [0, 0.1) is 0 Å². The Kier molecular flexibility index (Phi) is 5.79. The van der Waals surface area contributed by atoms with E-state index in [9.17, 15) is 4.79 Å². The molecule has 2 atom stereocenters. The molecule has 2 aromatic rings. The van der Waals surface area contributed by atoms with Crippen molar-refractivity contribution in [2.45, 2.75) is 37.6 Å². The van der Waals surface area contributed by atoms with E-state index in [4.69, 9.17) is 18.9 Å². The van der Waals surface area contributed by atoms with Gasteiger partial charge in [-0.2, -0.15) is 0 Å². The van der Waals surface area contributed by atoms with E-state index in [0.29, 0.717) is 41.8 Å². The Morgan fingerprint density at radius 1 is 0.931 bits per heavy atom. The van der Waals surface area contributed by atoms with Gasteiger partial charge in [-0.3, -0.25) is 4.79 Å². The molecule has 154 valence electrons. The fourth-order valence-electron chi connectivity index (χ4n) is 4.22. The number of rotatable bonds is 5. The molecule has 1 heterocycles. The van der Waals surface area contributed by atoms with Crippen LogP contribution in [0.5, 0.6) is 23.0 Å². The normalized spacial score (nSPS) is 20.6. The minimum atomic E-state index is -0.0839. The zero-order valence-electron chi connectivity index (χ0n) is 16.9. The number of amides is 1. The number of fused-ring (bicyclic) bond motifs is 1. The van der Waals surface area contributed by atoms with Crippen molar-refractivity contribution in [3.8, 4) is 23.0 Å². The smallest absolute Gasteiger partial charge is 0.251 e. The summed E-state index contributed by atoms with van der Waals surface area (Å²) < 4.78 is 22.0. The summed E-state index contributed by atoms with van der Waals surface area (Å²) in [6.45, 7) is 1.04. The second kappa shape index (κ2) is 8.64. The third-order valence-electron chi connectivity index (χ3n) is 5.72. The van der Waals surface area contributed by atoms with Crippen molar-refractivity contribution in [3.63, 3.8) is 0 Å². The molecule has 6 nitrogen and oxygen atoms in total. The molecule has 4 rings (SSSR count). The highest BCUT2D eigenvalue weighted by atomic mass is 16.6. The maximum absolute atomic E-state index is 12.9. The predicted molar refractivity (Wildman–Crippen MR) is 109 cm³/mol. The summed E-state index contributed by atoms with van der Waals surface area (Å²) in [5.74, 6) is 2.90. The van der Waals surface area contributed by atoms with Gasteiger partial charge in [0.2, 0.25) is 0 Å². The van der Waals surface area contributed by atoms with E-state index >= 15 is 0 Å². The molecular formula is C23H27NO5. The van der Waals surface area contributed by atoms with E-state index in [1.54, 1.807) is 32.4 Å². The molecule has 1 aliphatic heterocycles. The number of hydrogen-bond donors (Lipinski definition) is 1. The van der Waals surface area contributed by atoms with Gasteiger partial charge in [-0.1, -0.05) is 18.9 Å². The predicted octanol–water partition coefficient (Wildman–Crippen LogP) is 3.93. The Bertz CT molecular complexity index is 882. The first-order valence-corrected chi connectivity index (χ1v) is 10.1.